The number of rotatable bonds is 8. The molecule has 2 rings (SSSR count). The highest BCUT2D eigenvalue weighted by atomic mass is 79.9. The predicted molar refractivity (Wildman–Crippen MR) is 101 cm³/mol. The second-order valence-electron chi connectivity index (χ2n) is 5.29. The van der Waals surface area contributed by atoms with E-state index in [1.165, 1.54) is 0 Å². The minimum atomic E-state index is -0.504. The molecule has 0 radical (unpaired) electrons. The minimum absolute atomic E-state index is 0.504. The van der Waals surface area contributed by atoms with Crippen molar-refractivity contribution in [3.05, 3.63) is 62.5 Å². The fraction of sp³-hybridized carbons (Fsp3) is 0.333. The van der Waals surface area contributed by atoms with Gasteiger partial charge in [0.2, 0.25) is 0 Å². The molecule has 2 aromatic rings. The van der Waals surface area contributed by atoms with Gasteiger partial charge in [0, 0.05) is 13.1 Å². The lowest BCUT2D eigenvalue weighted by Gasteiger charge is -2.14. The molecule has 0 aliphatic carbocycles. The predicted octanol–water partition coefficient (Wildman–Crippen LogP) is 4.82. The Morgan fingerprint density at radius 1 is 1.13 bits per heavy atom. The summed E-state index contributed by atoms with van der Waals surface area (Å²) in [7, 11) is 0. The summed E-state index contributed by atoms with van der Waals surface area (Å²) < 4.78 is 7.58. The van der Waals surface area contributed by atoms with Crippen molar-refractivity contribution in [1.82, 2.24) is 5.32 Å². The molecule has 0 aliphatic rings. The first-order valence-electron chi connectivity index (χ1n) is 7.66. The van der Waals surface area contributed by atoms with Crippen LogP contribution < -0.4 is 10.1 Å². The largest absolute Gasteiger partial charge is 0.491 e. The molecule has 3 nitrogen and oxygen atoms in total. The van der Waals surface area contributed by atoms with Crippen molar-refractivity contribution in [3.63, 3.8) is 0 Å². The third-order valence-corrected chi connectivity index (χ3v) is 4.54. The van der Waals surface area contributed by atoms with Crippen LogP contribution in [0.4, 0.5) is 0 Å². The van der Waals surface area contributed by atoms with Crippen LogP contribution in [0.15, 0.2) is 51.4 Å². The third-order valence-electron chi connectivity index (χ3n) is 3.36. The average Bonchev–Trinajstić information content (AvgIpc) is 2.55. The molecule has 0 heterocycles. The first-order chi connectivity index (χ1) is 11.1. The molecule has 1 atom stereocenters. The van der Waals surface area contributed by atoms with Gasteiger partial charge in [0.15, 0.2) is 0 Å². The maximum Gasteiger partial charge on any atom is 0.147 e. The van der Waals surface area contributed by atoms with Gasteiger partial charge in [-0.1, -0.05) is 37.3 Å². The van der Waals surface area contributed by atoms with E-state index >= 15 is 0 Å². The van der Waals surface area contributed by atoms with Gasteiger partial charge in [0.25, 0.3) is 0 Å². The lowest BCUT2D eigenvalue weighted by Crippen LogP contribution is -2.21. The minimum Gasteiger partial charge on any atom is -0.491 e. The second kappa shape index (κ2) is 9.42. The third kappa shape index (κ3) is 5.60. The highest BCUT2D eigenvalue weighted by Gasteiger charge is 2.10. The smallest absolute Gasteiger partial charge is 0.147 e. The fourth-order valence-electron chi connectivity index (χ4n) is 2.20. The van der Waals surface area contributed by atoms with E-state index in [0.717, 1.165) is 32.2 Å². The summed E-state index contributed by atoms with van der Waals surface area (Å²) in [5, 5.41) is 13.4. The van der Waals surface area contributed by atoms with Gasteiger partial charge >= 0.3 is 0 Å². The van der Waals surface area contributed by atoms with Crippen LogP contribution in [0.5, 0.6) is 5.75 Å². The summed E-state index contributed by atoms with van der Waals surface area (Å²) >= 11 is 7.11. The van der Waals surface area contributed by atoms with Gasteiger partial charge in [-0.2, -0.15) is 0 Å². The molecule has 0 unspecified atom stereocenters. The fourth-order valence-corrected chi connectivity index (χ4v) is 3.71. The first kappa shape index (κ1) is 18.5. The molecule has 0 aromatic heterocycles. The van der Waals surface area contributed by atoms with Crippen molar-refractivity contribution in [3.8, 4) is 5.75 Å². The number of ether oxygens (including phenoxy) is 1. The molecular formula is C18H21Br2NO2. The molecule has 2 N–H and O–H groups in total. The molecule has 0 saturated carbocycles. The molecule has 0 aliphatic heterocycles. The van der Waals surface area contributed by atoms with Gasteiger partial charge in [-0.05, 0) is 61.5 Å². The van der Waals surface area contributed by atoms with Crippen LogP contribution >= 0.6 is 31.9 Å². The Morgan fingerprint density at radius 3 is 2.39 bits per heavy atom. The Hall–Kier alpha value is -0.880. The number of aliphatic hydroxyl groups excluding tert-OH is 1. The van der Waals surface area contributed by atoms with Crippen molar-refractivity contribution in [2.45, 2.75) is 26.0 Å². The standard InChI is InChI=1S/C18H21Br2NO2/c1-2-8-23-18-15(19)9-13(10-16(18)20)11-21-12-17(22)14-6-4-3-5-7-14/h3-7,9-10,17,21-22H,2,8,11-12H2,1H3/t17-/m1/s1. The summed E-state index contributed by atoms with van der Waals surface area (Å²) in [6.07, 6.45) is 0.467. The molecule has 0 fully saturated rings. The molecule has 0 saturated heterocycles. The highest BCUT2D eigenvalue weighted by molar-refractivity contribution is 9.11. The van der Waals surface area contributed by atoms with E-state index in [0.29, 0.717) is 19.7 Å². The van der Waals surface area contributed by atoms with Crippen LogP contribution in [0.3, 0.4) is 0 Å². The summed E-state index contributed by atoms with van der Waals surface area (Å²) in [4.78, 5) is 0. The van der Waals surface area contributed by atoms with Crippen molar-refractivity contribution >= 4 is 31.9 Å². The van der Waals surface area contributed by atoms with Crippen LogP contribution in [0.2, 0.25) is 0 Å². The van der Waals surface area contributed by atoms with Crippen LogP contribution in [0.1, 0.15) is 30.6 Å². The number of halogens is 2. The van der Waals surface area contributed by atoms with Crippen molar-refractivity contribution < 1.29 is 9.84 Å². The van der Waals surface area contributed by atoms with E-state index in [-0.39, 0.29) is 0 Å². The second-order valence-corrected chi connectivity index (χ2v) is 7.00. The Bertz CT molecular complexity index is 597. The van der Waals surface area contributed by atoms with E-state index in [4.69, 9.17) is 4.74 Å². The molecule has 0 bridgehead atoms. The van der Waals surface area contributed by atoms with Gasteiger partial charge < -0.3 is 15.2 Å². The van der Waals surface area contributed by atoms with Crippen LogP contribution in [0.25, 0.3) is 0 Å². The molecule has 5 heteroatoms. The van der Waals surface area contributed by atoms with Crippen LogP contribution in [0, 0.1) is 0 Å². The summed E-state index contributed by atoms with van der Waals surface area (Å²) in [5.41, 5.74) is 2.04. The summed E-state index contributed by atoms with van der Waals surface area (Å²) in [5.74, 6) is 0.833. The van der Waals surface area contributed by atoms with Gasteiger partial charge in [0.1, 0.15) is 5.75 Å². The monoisotopic (exact) mass is 441 g/mol. The van der Waals surface area contributed by atoms with Gasteiger partial charge in [-0.15, -0.1) is 0 Å². The zero-order chi connectivity index (χ0) is 16.7. The van der Waals surface area contributed by atoms with Crippen LogP contribution in [-0.2, 0) is 6.54 Å². The van der Waals surface area contributed by atoms with Gasteiger partial charge in [-0.3, -0.25) is 0 Å². The van der Waals surface area contributed by atoms with E-state index in [2.05, 4.69) is 44.1 Å². The lowest BCUT2D eigenvalue weighted by molar-refractivity contribution is 0.174. The van der Waals surface area contributed by atoms with E-state index in [9.17, 15) is 5.11 Å². The molecule has 0 amide bonds. The Labute approximate surface area is 154 Å². The molecule has 124 valence electrons. The highest BCUT2D eigenvalue weighted by Crippen LogP contribution is 2.34. The van der Waals surface area contributed by atoms with Crippen LogP contribution in [-0.4, -0.2) is 18.3 Å². The van der Waals surface area contributed by atoms with E-state index < -0.39 is 6.10 Å². The molecule has 2 aromatic carbocycles. The van der Waals surface area contributed by atoms with Crippen molar-refractivity contribution in [1.29, 1.82) is 0 Å². The Kier molecular flexibility index (Phi) is 7.56. The maximum absolute atomic E-state index is 10.1. The number of aliphatic hydroxyl groups is 1. The topological polar surface area (TPSA) is 41.5 Å². The van der Waals surface area contributed by atoms with Crippen molar-refractivity contribution in [2.24, 2.45) is 0 Å². The normalized spacial score (nSPS) is 12.2. The maximum atomic E-state index is 10.1. The number of hydrogen-bond donors (Lipinski definition) is 2. The Morgan fingerprint density at radius 2 is 1.78 bits per heavy atom. The molecular weight excluding hydrogens is 422 g/mol. The summed E-state index contributed by atoms with van der Waals surface area (Å²) in [6.45, 7) is 3.96. The van der Waals surface area contributed by atoms with Crippen molar-refractivity contribution in [2.75, 3.05) is 13.2 Å². The van der Waals surface area contributed by atoms with Gasteiger partial charge in [0.05, 0.1) is 21.7 Å². The molecule has 0 spiro atoms. The molecule has 23 heavy (non-hydrogen) atoms. The first-order valence-corrected chi connectivity index (χ1v) is 9.25. The Balaban J connectivity index is 1.91. The lowest BCUT2D eigenvalue weighted by atomic mass is 10.1. The zero-order valence-electron chi connectivity index (χ0n) is 13.1. The average molecular weight is 443 g/mol. The number of hydrogen-bond acceptors (Lipinski definition) is 3. The van der Waals surface area contributed by atoms with Gasteiger partial charge in [-0.25, -0.2) is 0 Å². The summed E-state index contributed by atoms with van der Waals surface area (Å²) in [6, 6.07) is 13.7. The number of nitrogens with one attached hydrogen (secondary N) is 1. The quantitative estimate of drug-likeness (QED) is 0.615. The van der Waals surface area contributed by atoms with E-state index in [1.807, 2.05) is 42.5 Å². The SMILES string of the molecule is CCCOc1c(Br)cc(CNC[C@@H](O)c2ccccc2)cc1Br. The zero-order valence-corrected chi connectivity index (χ0v) is 16.2. The number of benzene rings is 2. The van der Waals surface area contributed by atoms with E-state index in [1.54, 1.807) is 0 Å².